The molecule has 1 aromatic heterocycles. The Morgan fingerprint density at radius 3 is 1.76 bits per heavy atom. The van der Waals surface area contributed by atoms with E-state index in [1.165, 1.54) is 33.4 Å². The lowest BCUT2D eigenvalue weighted by atomic mass is 9.81. The number of rotatable bonds is 7. The van der Waals surface area contributed by atoms with E-state index in [2.05, 4.69) is 143 Å². The van der Waals surface area contributed by atoms with Gasteiger partial charge in [-0.15, -0.1) is 0 Å². The van der Waals surface area contributed by atoms with Crippen LogP contribution in [0.5, 0.6) is 0 Å². The fourth-order valence-corrected chi connectivity index (χ4v) is 7.20. The van der Waals surface area contributed by atoms with E-state index in [0.29, 0.717) is 17.5 Å². The maximum absolute atomic E-state index is 5.03. The van der Waals surface area contributed by atoms with Crippen molar-refractivity contribution in [2.24, 2.45) is 0 Å². The highest BCUT2D eigenvalue weighted by Gasteiger charge is 2.36. The number of hydrogen-bond acceptors (Lipinski definition) is 3. The van der Waals surface area contributed by atoms with E-state index in [1.807, 2.05) is 42.5 Å². The van der Waals surface area contributed by atoms with Crippen molar-refractivity contribution in [3.05, 3.63) is 180 Å². The molecule has 0 amide bonds. The summed E-state index contributed by atoms with van der Waals surface area (Å²) in [6.45, 7) is 11.0. The molecule has 240 valence electrons. The second-order valence-electron chi connectivity index (χ2n) is 13.4. The zero-order valence-electron chi connectivity index (χ0n) is 28.6. The van der Waals surface area contributed by atoms with Gasteiger partial charge in [-0.25, -0.2) is 15.0 Å². The summed E-state index contributed by atoms with van der Waals surface area (Å²) in [5.74, 6) is 1.93. The molecule has 0 saturated heterocycles. The Morgan fingerprint density at radius 1 is 0.540 bits per heavy atom. The van der Waals surface area contributed by atoms with Gasteiger partial charge in [-0.1, -0.05) is 172 Å². The lowest BCUT2D eigenvalue weighted by Gasteiger charge is -2.22. The Morgan fingerprint density at radius 2 is 1.08 bits per heavy atom. The van der Waals surface area contributed by atoms with Crippen LogP contribution in [-0.4, -0.2) is 15.0 Å². The normalized spacial score (nSPS) is 13.1. The smallest absolute Gasteiger partial charge is 0.164 e. The molecule has 0 atom stereocenters. The number of allylic oxidation sites excluding steroid dienone is 1. The molecule has 0 spiro atoms. The second-order valence-corrected chi connectivity index (χ2v) is 13.4. The maximum Gasteiger partial charge on any atom is 0.164 e. The van der Waals surface area contributed by atoms with Crippen LogP contribution >= 0.6 is 0 Å². The van der Waals surface area contributed by atoms with Crippen LogP contribution in [0.1, 0.15) is 48.6 Å². The Labute approximate surface area is 294 Å². The van der Waals surface area contributed by atoms with Crippen LogP contribution in [0.3, 0.4) is 0 Å². The van der Waals surface area contributed by atoms with Gasteiger partial charge in [-0.3, -0.25) is 0 Å². The highest BCUT2D eigenvalue weighted by Crippen LogP contribution is 2.51. The summed E-state index contributed by atoms with van der Waals surface area (Å²) in [6.07, 6.45) is 4.28. The lowest BCUT2D eigenvalue weighted by molar-refractivity contribution is 0.660. The summed E-state index contributed by atoms with van der Waals surface area (Å²) in [4.78, 5) is 15.0. The zero-order chi connectivity index (χ0) is 34.2. The van der Waals surface area contributed by atoms with E-state index in [4.69, 9.17) is 15.0 Å². The van der Waals surface area contributed by atoms with Gasteiger partial charge in [0.2, 0.25) is 0 Å². The Balaban J connectivity index is 1.19. The molecule has 0 bridgehead atoms. The van der Waals surface area contributed by atoms with Gasteiger partial charge in [0.05, 0.1) is 0 Å². The molecule has 0 unspecified atom stereocenters. The highest BCUT2D eigenvalue weighted by atomic mass is 15.0. The fourth-order valence-electron chi connectivity index (χ4n) is 7.20. The minimum atomic E-state index is -0.0543. The summed E-state index contributed by atoms with van der Waals surface area (Å²) in [7, 11) is 0. The molecule has 0 aliphatic heterocycles. The third kappa shape index (κ3) is 5.57. The lowest BCUT2D eigenvalue weighted by Crippen LogP contribution is -2.14. The predicted molar refractivity (Wildman–Crippen MR) is 209 cm³/mol. The minimum absolute atomic E-state index is 0.0543. The molecule has 0 radical (unpaired) electrons. The molecule has 6 aromatic carbocycles. The van der Waals surface area contributed by atoms with Gasteiger partial charge in [0.15, 0.2) is 17.5 Å². The van der Waals surface area contributed by atoms with Gasteiger partial charge in [0.25, 0.3) is 0 Å². The number of benzene rings is 6. The second kappa shape index (κ2) is 12.7. The largest absolute Gasteiger partial charge is 0.208 e. The summed E-state index contributed by atoms with van der Waals surface area (Å²) >= 11 is 0. The average Bonchev–Trinajstić information content (AvgIpc) is 3.41. The summed E-state index contributed by atoms with van der Waals surface area (Å²) < 4.78 is 0. The first-order chi connectivity index (χ1) is 24.4. The minimum Gasteiger partial charge on any atom is -0.208 e. The van der Waals surface area contributed by atoms with Gasteiger partial charge >= 0.3 is 0 Å². The maximum atomic E-state index is 5.03. The summed E-state index contributed by atoms with van der Waals surface area (Å²) in [5.41, 5.74) is 15.0. The summed E-state index contributed by atoms with van der Waals surface area (Å²) in [5, 5.41) is 0. The van der Waals surface area contributed by atoms with E-state index in [9.17, 15) is 0 Å². The van der Waals surface area contributed by atoms with Crippen molar-refractivity contribution < 1.29 is 0 Å². The fraction of sp³-hybridized carbons (Fsp3) is 0.0851. The van der Waals surface area contributed by atoms with E-state index >= 15 is 0 Å². The van der Waals surface area contributed by atoms with Crippen LogP contribution in [0.4, 0.5) is 0 Å². The molecular weight excluding hydrogens is 607 g/mol. The Hall–Kier alpha value is -6.19. The van der Waals surface area contributed by atoms with Crippen molar-refractivity contribution in [3.8, 4) is 56.4 Å². The quantitative estimate of drug-likeness (QED) is 0.162. The number of fused-ring (bicyclic) bond motifs is 3. The number of hydrogen-bond donors (Lipinski definition) is 0. The third-order valence-corrected chi connectivity index (χ3v) is 9.89. The van der Waals surface area contributed by atoms with Crippen molar-refractivity contribution in [2.75, 3.05) is 0 Å². The molecule has 8 rings (SSSR count). The van der Waals surface area contributed by atoms with Gasteiger partial charge in [0, 0.05) is 22.1 Å². The first kappa shape index (κ1) is 31.1. The molecule has 3 heteroatoms. The molecule has 0 N–H and O–H groups in total. The van der Waals surface area contributed by atoms with Crippen molar-refractivity contribution in [1.82, 2.24) is 15.0 Å². The molecule has 3 nitrogen and oxygen atoms in total. The standard InChI is InChI=1S/C47H37N3/c1-5-39-37(27-28-42-43(39)40-21-12-13-22-41(40)47(42,3)4)29-31(2)36-19-14-20-38(30-36)46-49-44(34-17-10-7-11-18-34)48-45(50-46)35-25-23-33(24-26-35)32-15-8-6-9-16-32/h5-30H,1H2,2-4H3/b31-29+. The van der Waals surface area contributed by atoms with Crippen molar-refractivity contribution >= 4 is 17.7 Å². The van der Waals surface area contributed by atoms with Gasteiger partial charge < -0.3 is 0 Å². The first-order valence-corrected chi connectivity index (χ1v) is 17.1. The van der Waals surface area contributed by atoms with E-state index in [-0.39, 0.29) is 5.41 Å². The third-order valence-electron chi connectivity index (χ3n) is 9.89. The van der Waals surface area contributed by atoms with Crippen LogP contribution < -0.4 is 0 Å². The topological polar surface area (TPSA) is 38.7 Å². The Bertz CT molecular complexity index is 2400. The zero-order valence-corrected chi connectivity index (χ0v) is 28.6. The predicted octanol–water partition coefficient (Wildman–Crippen LogP) is 12.0. The molecule has 7 aromatic rings. The molecule has 0 fully saturated rings. The summed E-state index contributed by atoms with van der Waals surface area (Å²) in [6, 6.07) is 50.7. The van der Waals surface area contributed by atoms with E-state index in [1.54, 1.807) is 0 Å². The molecule has 50 heavy (non-hydrogen) atoms. The molecular formula is C47H37N3. The van der Waals surface area contributed by atoms with Crippen LogP contribution in [0.25, 0.3) is 74.1 Å². The van der Waals surface area contributed by atoms with E-state index in [0.717, 1.165) is 39.0 Å². The van der Waals surface area contributed by atoms with Gasteiger partial charge in [0.1, 0.15) is 0 Å². The van der Waals surface area contributed by atoms with Crippen molar-refractivity contribution in [2.45, 2.75) is 26.2 Å². The van der Waals surface area contributed by atoms with E-state index < -0.39 is 0 Å². The monoisotopic (exact) mass is 643 g/mol. The van der Waals surface area contributed by atoms with Crippen LogP contribution in [0, 0.1) is 0 Å². The van der Waals surface area contributed by atoms with Crippen molar-refractivity contribution in [1.29, 1.82) is 0 Å². The molecule has 1 aliphatic carbocycles. The van der Waals surface area contributed by atoms with Gasteiger partial charge in [-0.2, -0.15) is 0 Å². The number of aromatic nitrogens is 3. The van der Waals surface area contributed by atoms with Crippen LogP contribution in [0.2, 0.25) is 0 Å². The molecule has 1 aliphatic rings. The van der Waals surface area contributed by atoms with Crippen LogP contribution in [-0.2, 0) is 5.41 Å². The first-order valence-electron chi connectivity index (χ1n) is 17.1. The number of nitrogens with zero attached hydrogens (tertiary/aromatic N) is 3. The Kier molecular flexibility index (Phi) is 7.89. The molecule has 0 saturated carbocycles. The van der Waals surface area contributed by atoms with Gasteiger partial charge in [-0.05, 0) is 68.6 Å². The average molecular weight is 644 g/mol. The molecule has 1 heterocycles. The van der Waals surface area contributed by atoms with Crippen LogP contribution in [0.15, 0.2) is 152 Å². The SMILES string of the molecule is C=Cc1c(/C=C(\C)c2cccc(-c3nc(-c4ccccc4)nc(-c4ccc(-c5ccccc5)cc4)n3)c2)ccc2c1-c1ccccc1C2(C)C. The van der Waals surface area contributed by atoms with Crippen molar-refractivity contribution in [3.63, 3.8) is 0 Å². The highest BCUT2D eigenvalue weighted by molar-refractivity contribution is 5.93.